The number of rotatable bonds is 6. The molecule has 1 atom stereocenters. The normalized spacial score (nSPS) is 18.5. The minimum atomic E-state index is 0.259. The molecular weight excluding hydrogens is 324 g/mol. The van der Waals surface area contributed by atoms with Gasteiger partial charge in [0.1, 0.15) is 5.75 Å². The number of methoxy groups -OCH3 is 1. The van der Waals surface area contributed by atoms with Gasteiger partial charge in [-0.15, -0.1) is 0 Å². The molecule has 0 spiro atoms. The van der Waals surface area contributed by atoms with Crippen LogP contribution in [-0.4, -0.2) is 36.2 Å². The number of halogens is 1. The lowest BCUT2D eigenvalue weighted by Crippen LogP contribution is -2.39. The summed E-state index contributed by atoms with van der Waals surface area (Å²) in [4.78, 5) is 6.73. The van der Waals surface area contributed by atoms with Gasteiger partial charge in [-0.1, -0.05) is 23.7 Å². The number of piperidine rings is 1. The first-order valence-corrected chi connectivity index (χ1v) is 8.68. The number of nitrogens with zero attached hydrogens (tertiary/aromatic N) is 2. The number of pyridine rings is 1. The SMILES string of the molecule is COc1ccc(CN2CCC[C@@H](OCc3ccccn3)C2)cc1Cl. The highest BCUT2D eigenvalue weighted by atomic mass is 35.5. The van der Waals surface area contributed by atoms with E-state index in [9.17, 15) is 0 Å². The molecule has 1 aliphatic heterocycles. The summed E-state index contributed by atoms with van der Waals surface area (Å²) in [5.74, 6) is 0.718. The van der Waals surface area contributed by atoms with Crippen molar-refractivity contribution < 1.29 is 9.47 Å². The minimum Gasteiger partial charge on any atom is -0.495 e. The third-order valence-electron chi connectivity index (χ3n) is 4.28. The lowest BCUT2D eigenvalue weighted by atomic mass is 10.1. The molecule has 2 heterocycles. The van der Waals surface area contributed by atoms with Gasteiger partial charge in [-0.3, -0.25) is 9.88 Å². The molecule has 2 aromatic rings. The second kappa shape index (κ2) is 8.47. The van der Waals surface area contributed by atoms with Crippen LogP contribution in [-0.2, 0) is 17.9 Å². The summed E-state index contributed by atoms with van der Waals surface area (Å²) < 4.78 is 11.3. The van der Waals surface area contributed by atoms with Crippen molar-refractivity contribution in [2.24, 2.45) is 0 Å². The predicted octanol–water partition coefficient (Wildman–Crippen LogP) is 3.92. The number of benzene rings is 1. The van der Waals surface area contributed by atoms with Crippen molar-refractivity contribution in [3.63, 3.8) is 0 Å². The Morgan fingerprint density at radius 3 is 2.96 bits per heavy atom. The quantitative estimate of drug-likeness (QED) is 0.794. The van der Waals surface area contributed by atoms with Crippen LogP contribution < -0.4 is 4.74 Å². The van der Waals surface area contributed by atoms with Crippen molar-refractivity contribution in [3.8, 4) is 5.75 Å². The van der Waals surface area contributed by atoms with Gasteiger partial charge in [-0.2, -0.15) is 0 Å². The zero-order chi connectivity index (χ0) is 16.8. The van der Waals surface area contributed by atoms with Crippen LogP contribution in [0.3, 0.4) is 0 Å². The van der Waals surface area contributed by atoms with Crippen molar-refractivity contribution in [2.45, 2.75) is 32.1 Å². The molecule has 1 aliphatic rings. The van der Waals surface area contributed by atoms with Gasteiger partial charge in [0.15, 0.2) is 0 Å². The largest absolute Gasteiger partial charge is 0.495 e. The smallest absolute Gasteiger partial charge is 0.137 e. The maximum atomic E-state index is 6.22. The van der Waals surface area contributed by atoms with E-state index in [0.717, 1.165) is 43.9 Å². The van der Waals surface area contributed by atoms with Crippen molar-refractivity contribution in [1.29, 1.82) is 0 Å². The predicted molar refractivity (Wildman–Crippen MR) is 95.3 cm³/mol. The van der Waals surface area contributed by atoms with Gasteiger partial charge >= 0.3 is 0 Å². The van der Waals surface area contributed by atoms with Crippen LogP contribution in [0, 0.1) is 0 Å². The molecule has 0 aliphatic carbocycles. The van der Waals surface area contributed by atoms with E-state index in [1.807, 2.05) is 30.3 Å². The van der Waals surface area contributed by atoms with Crippen LogP contribution >= 0.6 is 11.6 Å². The van der Waals surface area contributed by atoms with Crippen LogP contribution in [0.2, 0.25) is 5.02 Å². The fourth-order valence-corrected chi connectivity index (χ4v) is 3.33. The van der Waals surface area contributed by atoms with Gasteiger partial charge in [-0.25, -0.2) is 0 Å². The number of hydrogen-bond acceptors (Lipinski definition) is 4. The molecule has 0 radical (unpaired) electrons. The maximum Gasteiger partial charge on any atom is 0.137 e. The molecule has 0 saturated carbocycles. The Balaban J connectivity index is 1.52. The molecule has 1 fully saturated rings. The molecule has 1 aromatic carbocycles. The molecule has 3 rings (SSSR count). The minimum absolute atomic E-state index is 0.259. The summed E-state index contributed by atoms with van der Waals surface area (Å²) in [5.41, 5.74) is 2.18. The highest BCUT2D eigenvalue weighted by molar-refractivity contribution is 6.32. The van der Waals surface area contributed by atoms with Gasteiger partial charge in [-0.05, 0) is 49.2 Å². The third kappa shape index (κ3) is 4.69. The van der Waals surface area contributed by atoms with E-state index < -0.39 is 0 Å². The summed E-state index contributed by atoms with van der Waals surface area (Å²) in [7, 11) is 1.63. The van der Waals surface area contributed by atoms with Crippen molar-refractivity contribution in [3.05, 3.63) is 58.9 Å². The molecular formula is C19H23ClN2O2. The van der Waals surface area contributed by atoms with Crippen LogP contribution in [0.4, 0.5) is 0 Å². The van der Waals surface area contributed by atoms with E-state index in [1.165, 1.54) is 5.56 Å². The molecule has 0 amide bonds. The van der Waals surface area contributed by atoms with Crippen LogP contribution in [0.1, 0.15) is 24.1 Å². The van der Waals surface area contributed by atoms with E-state index >= 15 is 0 Å². The Bertz CT molecular complexity index is 651. The number of hydrogen-bond donors (Lipinski definition) is 0. The zero-order valence-corrected chi connectivity index (χ0v) is 14.7. The molecule has 1 saturated heterocycles. The Labute approximate surface area is 148 Å². The van der Waals surface area contributed by atoms with Gasteiger partial charge in [0.2, 0.25) is 0 Å². The topological polar surface area (TPSA) is 34.6 Å². The highest BCUT2D eigenvalue weighted by Gasteiger charge is 2.21. The molecule has 128 valence electrons. The Hall–Kier alpha value is -1.62. The number of aromatic nitrogens is 1. The van der Waals surface area contributed by atoms with E-state index in [1.54, 1.807) is 13.3 Å². The Morgan fingerprint density at radius 1 is 1.29 bits per heavy atom. The third-order valence-corrected chi connectivity index (χ3v) is 4.57. The lowest BCUT2D eigenvalue weighted by Gasteiger charge is -2.32. The molecule has 0 N–H and O–H groups in total. The van der Waals surface area contributed by atoms with Gasteiger partial charge in [0.05, 0.1) is 30.5 Å². The standard InChI is InChI=1S/C19H23ClN2O2/c1-23-19-8-7-15(11-18(19)20)12-22-10-4-6-17(13-22)24-14-16-5-2-3-9-21-16/h2-3,5,7-9,11,17H,4,6,10,12-14H2,1H3/t17-/m1/s1. The molecule has 0 bridgehead atoms. The molecule has 24 heavy (non-hydrogen) atoms. The molecule has 1 aromatic heterocycles. The van der Waals surface area contributed by atoms with Crippen molar-refractivity contribution >= 4 is 11.6 Å². The maximum absolute atomic E-state index is 6.22. The van der Waals surface area contributed by atoms with E-state index in [-0.39, 0.29) is 6.10 Å². The second-order valence-corrected chi connectivity index (χ2v) is 6.51. The van der Waals surface area contributed by atoms with E-state index in [4.69, 9.17) is 21.1 Å². The van der Waals surface area contributed by atoms with Gasteiger partial charge < -0.3 is 9.47 Å². The van der Waals surface area contributed by atoms with E-state index in [0.29, 0.717) is 11.6 Å². The van der Waals surface area contributed by atoms with Crippen LogP contribution in [0.25, 0.3) is 0 Å². The lowest BCUT2D eigenvalue weighted by molar-refractivity contribution is -0.0132. The number of ether oxygens (including phenoxy) is 2. The fourth-order valence-electron chi connectivity index (χ4n) is 3.05. The second-order valence-electron chi connectivity index (χ2n) is 6.10. The summed E-state index contributed by atoms with van der Waals surface area (Å²) in [6.07, 6.45) is 4.32. The summed E-state index contributed by atoms with van der Waals surface area (Å²) in [6.45, 7) is 3.49. The molecule has 0 unspecified atom stereocenters. The summed E-state index contributed by atoms with van der Waals surface area (Å²) in [5, 5.41) is 0.662. The Kier molecular flexibility index (Phi) is 6.07. The van der Waals surface area contributed by atoms with Crippen molar-refractivity contribution in [1.82, 2.24) is 9.88 Å². The van der Waals surface area contributed by atoms with Crippen LogP contribution in [0.15, 0.2) is 42.6 Å². The van der Waals surface area contributed by atoms with Crippen molar-refractivity contribution in [2.75, 3.05) is 20.2 Å². The Morgan fingerprint density at radius 2 is 2.21 bits per heavy atom. The average Bonchev–Trinajstić information content (AvgIpc) is 2.61. The van der Waals surface area contributed by atoms with Crippen LogP contribution in [0.5, 0.6) is 5.75 Å². The average molecular weight is 347 g/mol. The van der Waals surface area contributed by atoms with E-state index in [2.05, 4.69) is 16.0 Å². The monoisotopic (exact) mass is 346 g/mol. The fraction of sp³-hybridized carbons (Fsp3) is 0.421. The summed E-state index contributed by atoms with van der Waals surface area (Å²) >= 11 is 6.22. The first kappa shape index (κ1) is 17.2. The first-order valence-electron chi connectivity index (χ1n) is 8.31. The first-order chi connectivity index (χ1) is 11.7. The molecule has 5 heteroatoms. The van der Waals surface area contributed by atoms with Gasteiger partial charge in [0, 0.05) is 19.3 Å². The number of likely N-dealkylation sites (tertiary alicyclic amines) is 1. The van der Waals surface area contributed by atoms with Gasteiger partial charge in [0.25, 0.3) is 0 Å². The summed E-state index contributed by atoms with van der Waals surface area (Å²) in [6, 6.07) is 11.9. The highest BCUT2D eigenvalue weighted by Crippen LogP contribution is 2.26. The molecule has 4 nitrogen and oxygen atoms in total. The zero-order valence-electron chi connectivity index (χ0n) is 14.0.